The summed E-state index contributed by atoms with van der Waals surface area (Å²) in [6, 6.07) is 12.6. The van der Waals surface area contributed by atoms with Crippen molar-refractivity contribution in [2.45, 2.75) is 26.3 Å². The van der Waals surface area contributed by atoms with E-state index in [9.17, 15) is 13.2 Å². The Hall–Kier alpha value is -2.74. The normalized spacial score (nSPS) is 17.5. The summed E-state index contributed by atoms with van der Waals surface area (Å²) in [5.41, 5.74) is 2.33. The first-order valence-electron chi connectivity index (χ1n) is 9.20. The maximum Gasteiger partial charge on any atom is 0.248 e. The molecule has 0 fully saturated rings. The van der Waals surface area contributed by atoms with E-state index in [-0.39, 0.29) is 31.0 Å². The number of rotatable bonds is 5. The largest absolute Gasteiger partial charge is 0.454 e. The molecule has 2 aromatic carbocycles. The first kappa shape index (κ1) is 18.6. The van der Waals surface area contributed by atoms with Crippen molar-refractivity contribution in [1.82, 2.24) is 0 Å². The number of benzene rings is 2. The van der Waals surface area contributed by atoms with Gasteiger partial charge in [-0.2, -0.15) is 0 Å². The molecule has 2 heterocycles. The lowest BCUT2D eigenvalue weighted by molar-refractivity contribution is -0.117. The van der Waals surface area contributed by atoms with Crippen LogP contribution in [0.2, 0.25) is 0 Å². The summed E-state index contributed by atoms with van der Waals surface area (Å²) in [6.07, 6.45) is 0.756. The van der Waals surface area contributed by atoms with Crippen LogP contribution < -0.4 is 18.7 Å². The quantitative estimate of drug-likeness (QED) is 0.768. The number of anilines is 2. The molecule has 148 valence electrons. The second-order valence-electron chi connectivity index (χ2n) is 6.89. The average Bonchev–Trinajstić information content (AvgIpc) is 3.28. The smallest absolute Gasteiger partial charge is 0.248 e. The Morgan fingerprint density at radius 3 is 2.71 bits per heavy atom. The molecule has 2 aliphatic heterocycles. The van der Waals surface area contributed by atoms with Crippen molar-refractivity contribution in [2.75, 3.05) is 28.3 Å². The number of carbonyl (C=O) groups is 1. The molecular weight excluding hydrogens is 380 g/mol. The summed E-state index contributed by atoms with van der Waals surface area (Å²) in [7, 11) is -3.66. The third kappa shape index (κ3) is 3.17. The van der Waals surface area contributed by atoms with E-state index in [0.29, 0.717) is 17.2 Å². The lowest BCUT2D eigenvalue weighted by Gasteiger charge is -2.28. The number of nitrogens with zero attached hydrogens (tertiary/aromatic N) is 2. The van der Waals surface area contributed by atoms with Gasteiger partial charge in [0.15, 0.2) is 11.5 Å². The fourth-order valence-corrected chi connectivity index (χ4v) is 4.74. The highest BCUT2D eigenvalue weighted by molar-refractivity contribution is 7.92. The summed E-state index contributed by atoms with van der Waals surface area (Å²) in [5, 5.41) is 0. The fraction of sp³-hybridized carbons (Fsp3) is 0.350. The van der Waals surface area contributed by atoms with Crippen molar-refractivity contribution >= 4 is 27.3 Å². The highest BCUT2D eigenvalue weighted by Gasteiger charge is 2.34. The van der Waals surface area contributed by atoms with Crippen LogP contribution in [0, 0.1) is 0 Å². The summed E-state index contributed by atoms with van der Waals surface area (Å²) >= 11 is 0. The maximum atomic E-state index is 13.2. The third-order valence-corrected chi connectivity index (χ3v) is 6.84. The molecule has 0 spiro atoms. The lowest BCUT2D eigenvalue weighted by Crippen LogP contribution is -2.45. The van der Waals surface area contributed by atoms with E-state index >= 15 is 0 Å². The van der Waals surface area contributed by atoms with Gasteiger partial charge in [-0.25, -0.2) is 8.42 Å². The van der Waals surface area contributed by atoms with Gasteiger partial charge in [0.1, 0.15) is 6.54 Å². The Labute approximate surface area is 164 Å². The highest BCUT2D eigenvalue weighted by atomic mass is 32.2. The van der Waals surface area contributed by atoms with Crippen LogP contribution >= 0.6 is 0 Å². The molecule has 1 amide bonds. The monoisotopic (exact) mass is 402 g/mol. The van der Waals surface area contributed by atoms with Crippen molar-refractivity contribution in [3.63, 3.8) is 0 Å². The zero-order chi connectivity index (χ0) is 19.9. The van der Waals surface area contributed by atoms with Crippen LogP contribution in [0.15, 0.2) is 42.5 Å². The Morgan fingerprint density at radius 2 is 1.93 bits per heavy atom. The molecule has 0 saturated carbocycles. The number of amides is 1. The minimum absolute atomic E-state index is 0.0205. The van der Waals surface area contributed by atoms with Gasteiger partial charge in [-0.3, -0.25) is 9.10 Å². The zero-order valence-electron chi connectivity index (χ0n) is 15.8. The number of hydrogen-bond acceptors (Lipinski definition) is 5. The summed E-state index contributed by atoms with van der Waals surface area (Å²) in [6.45, 7) is 3.36. The summed E-state index contributed by atoms with van der Waals surface area (Å²) in [5.74, 6) is 0.667. The van der Waals surface area contributed by atoms with Gasteiger partial charge < -0.3 is 14.4 Å². The van der Waals surface area contributed by atoms with Crippen LogP contribution in [-0.2, 0) is 21.2 Å². The molecule has 8 heteroatoms. The second-order valence-corrected chi connectivity index (χ2v) is 9.07. The van der Waals surface area contributed by atoms with E-state index in [2.05, 4.69) is 0 Å². The van der Waals surface area contributed by atoms with Crippen LogP contribution in [0.4, 0.5) is 11.4 Å². The third-order valence-electron chi connectivity index (χ3n) is 5.10. The number of hydrogen-bond donors (Lipinski definition) is 0. The topological polar surface area (TPSA) is 76.2 Å². The highest BCUT2D eigenvalue weighted by Crippen LogP contribution is 2.37. The Bertz CT molecular complexity index is 1020. The van der Waals surface area contributed by atoms with Gasteiger partial charge in [-0.15, -0.1) is 0 Å². The average molecular weight is 402 g/mol. The van der Waals surface area contributed by atoms with Gasteiger partial charge in [0, 0.05) is 17.8 Å². The van der Waals surface area contributed by atoms with Crippen LogP contribution in [0.1, 0.15) is 19.4 Å². The van der Waals surface area contributed by atoms with E-state index in [1.54, 1.807) is 30.0 Å². The van der Waals surface area contributed by atoms with Gasteiger partial charge in [0.05, 0.1) is 11.4 Å². The number of para-hydroxylation sites is 1. The molecule has 0 N–H and O–H groups in total. The first-order valence-corrected chi connectivity index (χ1v) is 10.8. The second kappa shape index (κ2) is 7.01. The number of carbonyl (C=O) groups excluding carboxylic acids is 1. The molecule has 2 aliphatic rings. The van der Waals surface area contributed by atoms with E-state index in [4.69, 9.17) is 9.47 Å². The van der Waals surface area contributed by atoms with Crippen LogP contribution in [0.25, 0.3) is 0 Å². The summed E-state index contributed by atoms with van der Waals surface area (Å²) < 4.78 is 37.3. The molecule has 0 bridgehead atoms. The van der Waals surface area contributed by atoms with Crippen LogP contribution in [0.3, 0.4) is 0 Å². The molecule has 7 nitrogen and oxygen atoms in total. The molecule has 2 aromatic rings. The standard InChI is InChI=1S/C20H22N2O5S/c1-3-28(24,25)21(16-8-9-18-19(11-16)27-13-26-18)12-20(23)22-14(2)10-15-6-4-5-7-17(15)22/h4-9,11,14H,3,10,12-13H2,1-2H3/t14-/m0/s1. The molecular formula is C20H22N2O5S. The van der Waals surface area contributed by atoms with E-state index in [1.165, 1.54) is 0 Å². The molecule has 0 unspecified atom stereocenters. The molecule has 4 rings (SSSR count). The minimum atomic E-state index is -3.66. The fourth-order valence-electron chi connectivity index (χ4n) is 3.69. The summed E-state index contributed by atoms with van der Waals surface area (Å²) in [4.78, 5) is 14.9. The zero-order valence-corrected chi connectivity index (χ0v) is 16.6. The van der Waals surface area contributed by atoms with Gasteiger partial charge in [0.25, 0.3) is 0 Å². The van der Waals surface area contributed by atoms with E-state index in [0.717, 1.165) is 22.0 Å². The van der Waals surface area contributed by atoms with Gasteiger partial charge >= 0.3 is 0 Å². The number of sulfonamides is 1. The lowest BCUT2D eigenvalue weighted by atomic mass is 10.1. The predicted molar refractivity (Wildman–Crippen MR) is 106 cm³/mol. The maximum absolute atomic E-state index is 13.2. The predicted octanol–water partition coefficient (Wildman–Crippen LogP) is 2.55. The van der Waals surface area contributed by atoms with Gasteiger partial charge in [-0.05, 0) is 44.0 Å². The van der Waals surface area contributed by atoms with Crippen LogP contribution in [0.5, 0.6) is 11.5 Å². The molecule has 0 aromatic heterocycles. The molecule has 1 atom stereocenters. The minimum Gasteiger partial charge on any atom is -0.454 e. The number of ether oxygens (including phenoxy) is 2. The number of fused-ring (bicyclic) bond motifs is 2. The first-order chi connectivity index (χ1) is 13.4. The van der Waals surface area contributed by atoms with Gasteiger partial charge in [0.2, 0.25) is 22.7 Å². The molecule has 0 saturated heterocycles. The van der Waals surface area contributed by atoms with Crippen LogP contribution in [-0.4, -0.2) is 39.5 Å². The van der Waals surface area contributed by atoms with Crippen molar-refractivity contribution in [3.8, 4) is 11.5 Å². The molecule has 0 aliphatic carbocycles. The van der Waals surface area contributed by atoms with Crippen molar-refractivity contribution in [3.05, 3.63) is 48.0 Å². The van der Waals surface area contributed by atoms with E-state index in [1.807, 2.05) is 31.2 Å². The van der Waals surface area contributed by atoms with Crippen molar-refractivity contribution in [2.24, 2.45) is 0 Å². The Kier molecular flexibility index (Phi) is 4.66. The Balaban J connectivity index is 1.66. The van der Waals surface area contributed by atoms with Crippen molar-refractivity contribution in [1.29, 1.82) is 0 Å². The van der Waals surface area contributed by atoms with E-state index < -0.39 is 10.0 Å². The van der Waals surface area contributed by atoms with Crippen molar-refractivity contribution < 1.29 is 22.7 Å². The molecule has 28 heavy (non-hydrogen) atoms. The Morgan fingerprint density at radius 1 is 1.18 bits per heavy atom. The van der Waals surface area contributed by atoms with Gasteiger partial charge in [-0.1, -0.05) is 18.2 Å². The molecule has 0 radical (unpaired) electrons. The SMILES string of the molecule is CCS(=O)(=O)N(CC(=O)N1c2ccccc2C[C@@H]1C)c1ccc2c(c1)OCO2.